The predicted octanol–water partition coefficient (Wildman–Crippen LogP) is 4.77. The number of halogens is 2. The number of fused-ring (bicyclic) bond motifs is 2. The lowest BCUT2D eigenvalue weighted by atomic mass is 9.89. The number of likely N-dealkylation sites (tertiary alicyclic amines) is 1. The third kappa shape index (κ3) is 6.62. The van der Waals surface area contributed by atoms with E-state index in [4.69, 9.17) is 0 Å². The normalized spacial score (nSPS) is 27.2. The molecule has 1 aromatic rings. The first-order valence-electron chi connectivity index (χ1n) is 10.6. The highest BCUT2D eigenvalue weighted by Crippen LogP contribution is 2.32. The number of nitrogens with one attached hydrogen (secondary N) is 2. The molecule has 2 atom stereocenters. The minimum absolute atomic E-state index is 0. The third-order valence-corrected chi connectivity index (χ3v) is 6.39. The van der Waals surface area contributed by atoms with Gasteiger partial charge in [0, 0.05) is 30.7 Å². The fourth-order valence-electron chi connectivity index (χ4n) is 5.06. The Morgan fingerprint density at radius 3 is 2.18 bits per heavy atom. The molecular weight excluding hydrogens is 393 g/mol. The zero-order valence-electron chi connectivity index (χ0n) is 16.7. The third-order valence-electron chi connectivity index (χ3n) is 6.39. The average molecular weight is 428 g/mol. The summed E-state index contributed by atoms with van der Waals surface area (Å²) in [4.78, 5) is 15.0. The van der Waals surface area contributed by atoms with Gasteiger partial charge in [0.25, 0.3) is 0 Å². The largest absolute Gasteiger partial charge is 0.326 e. The molecule has 0 aromatic heterocycles. The molecule has 1 aromatic carbocycles. The van der Waals surface area contributed by atoms with E-state index in [2.05, 4.69) is 39.8 Å². The van der Waals surface area contributed by atoms with Crippen molar-refractivity contribution in [3.63, 3.8) is 0 Å². The lowest BCUT2D eigenvalue weighted by Gasteiger charge is -2.28. The number of nitrogens with zero attached hydrogens (tertiary/aromatic N) is 1. The number of anilines is 1. The van der Waals surface area contributed by atoms with E-state index in [1.54, 1.807) is 0 Å². The van der Waals surface area contributed by atoms with E-state index in [1.165, 1.54) is 70.0 Å². The van der Waals surface area contributed by atoms with Crippen molar-refractivity contribution in [1.29, 1.82) is 0 Å². The number of amides is 1. The summed E-state index contributed by atoms with van der Waals surface area (Å²) < 4.78 is 0. The lowest BCUT2D eigenvalue weighted by molar-refractivity contribution is -0.117. The van der Waals surface area contributed by atoms with Gasteiger partial charge in [-0.15, -0.1) is 24.8 Å². The van der Waals surface area contributed by atoms with Crippen LogP contribution in [0.5, 0.6) is 0 Å². The summed E-state index contributed by atoms with van der Waals surface area (Å²) in [5, 5.41) is 6.76. The van der Waals surface area contributed by atoms with Crippen LogP contribution in [0.2, 0.25) is 0 Å². The van der Waals surface area contributed by atoms with Crippen molar-refractivity contribution in [3.8, 4) is 0 Å². The molecule has 2 N–H and O–H groups in total. The van der Waals surface area contributed by atoms with E-state index in [9.17, 15) is 4.79 Å². The Morgan fingerprint density at radius 1 is 0.964 bits per heavy atom. The molecule has 1 amide bonds. The molecule has 0 radical (unpaired) electrons. The molecule has 158 valence electrons. The topological polar surface area (TPSA) is 44.4 Å². The van der Waals surface area contributed by atoms with Crippen molar-refractivity contribution in [2.24, 2.45) is 5.92 Å². The number of benzene rings is 1. The van der Waals surface area contributed by atoms with Gasteiger partial charge in [0.05, 0.1) is 0 Å². The number of carbonyl (C=O) groups is 1. The fourth-order valence-corrected chi connectivity index (χ4v) is 5.06. The molecule has 4 rings (SSSR count). The van der Waals surface area contributed by atoms with E-state index in [1.807, 2.05) is 0 Å². The fraction of sp³-hybridized carbons (Fsp3) is 0.682. The van der Waals surface area contributed by atoms with Crippen molar-refractivity contribution in [1.82, 2.24) is 10.2 Å². The van der Waals surface area contributed by atoms with Gasteiger partial charge in [-0.1, -0.05) is 25.0 Å². The summed E-state index contributed by atoms with van der Waals surface area (Å²) in [6, 6.07) is 9.79. The zero-order chi connectivity index (χ0) is 17.8. The first kappa shape index (κ1) is 23.5. The monoisotopic (exact) mass is 427 g/mol. The van der Waals surface area contributed by atoms with Crippen LogP contribution in [0.1, 0.15) is 63.4 Å². The van der Waals surface area contributed by atoms with Gasteiger partial charge in [0.2, 0.25) is 5.91 Å². The van der Waals surface area contributed by atoms with Gasteiger partial charge in [0.1, 0.15) is 0 Å². The van der Waals surface area contributed by atoms with Crippen LogP contribution in [0.4, 0.5) is 5.69 Å². The zero-order valence-corrected chi connectivity index (χ0v) is 18.3. The van der Waals surface area contributed by atoms with Crippen LogP contribution in [-0.4, -0.2) is 36.0 Å². The molecule has 4 nitrogen and oxygen atoms in total. The number of piperidine rings is 1. The molecule has 3 aliphatic heterocycles. The van der Waals surface area contributed by atoms with Gasteiger partial charge >= 0.3 is 0 Å². The van der Waals surface area contributed by atoms with Crippen molar-refractivity contribution in [3.05, 3.63) is 29.8 Å². The summed E-state index contributed by atoms with van der Waals surface area (Å²) in [7, 11) is 0. The maximum Gasteiger partial charge on any atom is 0.224 e. The van der Waals surface area contributed by atoms with Crippen molar-refractivity contribution in [2.75, 3.05) is 18.4 Å². The first-order valence-corrected chi connectivity index (χ1v) is 10.6. The van der Waals surface area contributed by atoms with Crippen LogP contribution in [0.3, 0.4) is 0 Å². The van der Waals surface area contributed by atoms with Crippen LogP contribution < -0.4 is 10.6 Å². The van der Waals surface area contributed by atoms with Crippen LogP contribution in [0.25, 0.3) is 0 Å². The maximum absolute atomic E-state index is 12.4. The van der Waals surface area contributed by atoms with E-state index >= 15 is 0 Å². The summed E-state index contributed by atoms with van der Waals surface area (Å²) in [6.07, 6.45) is 11.0. The predicted molar refractivity (Wildman–Crippen MR) is 121 cm³/mol. The summed E-state index contributed by atoms with van der Waals surface area (Å²) in [6.45, 7) is 3.47. The van der Waals surface area contributed by atoms with Crippen molar-refractivity contribution >= 4 is 36.4 Å². The Balaban J connectivity index is 0.00000140. The van der Waals surface area contributed by atoms with Gasteiger partial charge in [0.15, 0.2) is 0 Å². The second-order valence-corrected chi connectivity index (χ2v) is 8.61. The minimum Gasteiger partial charge on any atom is -0.326 e. The smallest absolute Gasteiger partial charge is 0.224 e. The average Bonchev–Trinajstić information content (AvgIpc) is 2.82. The summed E-state index contributed by atoms with van der Waals surface area (Å²) in [5.41, 5.74) is 2.28. The second-order valence-electron chi connectivity index (χ2n) is 8.61. The maximum atomic E-state index is 12.4. The molecule has 3 aliphatic rings. The summed E-state index contributed by atoms with van der Waals surface area (Å²) in [5.74, 6) is 0.729. The molecule has 2 bridgehead atoms. The Kier molecular flexibility index (Phi) is 9.55. The van der Waals surface area contributed by atoms with Crippen LogP contribution in [0.15, 0.2) is 24.3 Å². The molecule has 28 heavy (non-hydrogen) atoms. The molecule has 3 heterocycles. The molecular formula is C22H35Cl2N3O. The SMILES string of the molecule is Cl.Cl.O=C(CC1CC2CCC(C1)N2)Nc1ccc(CN2CCCCCC2)cc1. The van der Waals surface area contributed by atoms with Crippen LogP contribution in [0, 0.1) is 5.92 Å². The van der Waals surface area contributed by atoms with E-state index in [0.29, 0.717) is 24.4 Å². The Labute approximate surface area is 182 Å². The van der Waals surface area contributed by atoms with Gasteiger partial charge < -0.3 is 10.6 Å². The van der Waals surface area contributed by atoms with Crippen molar-refractivity contribution < 1.29 is 4.79 Å². The van der Waals surface area contributed by atoms with Gasteiger partial charge in [-0.2, -0.15) is 0 Å². The van der Waals surface area contributed by atoms with E-state index in [0.717, 1.165) is 12.2 Å². The van der Waals surface area contributed by atoms with Gasteiger partial charge in [-0.05, 0) is 75.2 Å². The highest BCUT2D eigenvalue weighted by atomic mass is 35.5. The number of hydrogen-bond donors (Lipinski definition) is 2. The molecule has 3 fully saturated rings. The molecule has 3 saturated heterocycles. The number of rotatable bonds is 5. The highest BCUT2D eigenvalue weighted by molar-refractivity contribution is 5.90. The molecule has 0 aliphatic carbocycles. The van der Waals surface area contributed by atoms with Gasteiger partial charge in [-0.3, -0.25) is 9.69 Å². The van der Waals surface area contributed by atoms with Crippen LogP contribution >= 0.6 is 24.8 Å². The molecule has 2 unspecified atom stereocenters. The number of carbonyl (C=O) groups excluding carboxylic acids is 1. The van der Waals surface area contributed by atoms with E-state index in [-0.39, 0.29) is 30.7 Å². The Morgan fingerprint density at radius 2 is 1.57 bits per heavy atom. The molecule has 0 spiro atoms. The van der Waals surface area contributed by atoms with Crippen LogP contribution in [-0.2, 0) is 11.3 Å². The van der Waals surface area contributed by atoms with Crippen molar-refractivity contribution in [2.45, 2.75) is 76.4 Å². The summed E-state index contributed by atoms with van der Waals surface area (Å²) >= 11 is 0. The molecule has 6 heteroatoms. The minimum atomic E-state index is 0. The lowest BCUT2D eigenvalue weighted by Crippen LogP contribution is -2.39. The molecule has 0 saturated carbocycles. The quantitative estimate of drug-likeness (QED) is 0.711. The Hall–Kier alpha value is -0.810. The standard InChI is InChI=1S/C22H33N3O.2ClH/c26-22(15-18-13-20-9-10-21(14-18)23-20)24-19-7-5-17(6-8-19)16-25-11-3-1-2-4-12-25;;/h5-8,18,20-21,23H,1-4,9-16H2,(H,24,26);2*1H. The van der Waals surface area contributed by atoms with Gasteiger partial charge in [-0.25, -0.2) is 0 Å². The van der Waals surface area contributed by atoms with E-state index < -0.39 is 0 Å². The second kappa shape index (κ2) is 11.4. The first-order chi connectivity index (χ1) is 12.7. The highest BCUT2D eigenvalue weighted by Gasteiger charge is 2.34. The Bertz CT molecular complexity index is 590. The number of hydrogen-bond acceptors (Lipinski definition) is 3.